The van der Waals surface area contributed by atoms with E-state index in [4.69, 9.17) is 9.47 Å². The van der Waals surface area contributed by atoms with Crippen LogP contribution in [0, 0.1) is 5.92 Å². The van der Waals surface area contributed by atoms with Gasteiger partial charge in [-0.15, -0.1) is 0 Å². The van der Waals surface area contributed by atoms with Gasteiger partial charge in [-0.25, -0.2) is 0 Å². The van der Waals surface area contributed by atoms with Gasteiger partial charge in [0.1, 0.15) is 0 Å². The largest absolute Gasteiger partial charge is 0.501 e. The fourth-order valence-corrected chi connectivity index (χ4v) is 2.61. The molecular weight excluding hydrogens is 200 g/mol. The molecule has 1 unspecified atom stereocenters. The van der Waals surface area contributed by atoms with E-state index in [1.807, 2.05) is 6.26 Å². The molecule has 1 saturated heterocycles. The van der Waals surface area contributed by atoms with Crippen LogP contribution >= 0.6 is 0 Å². The van der Waals surface area contributed by atoms with Gasteiger partial charge in [-0.1, -0.05) is 0 Å². The Balaban J connectivity index is 1.49. The molecule has 0 radical (unpaired) electrons. The summed E-state index contributed by atoms with van der Waals surface area (Å²) < 4.78 is 11.1. The Morgan fingerprint density at radius 3 is 2.88 bits per heavy atom. The molecule has 16 heavy (non-hydrogen) atoms. The Morgan fingerprint density at radius 1 is 1.25 bits per heavy atom. The average Bonchev–Trinajstić information content (AvgIpc) is 2.83. The van der Waals surface area contributed by atoms with Gasteiger partial charge in [-0.2, -0.15) is 0 Å². The van der Waals surface area contributed by atoms with Crippen molar-refractivity contribution in [2.24, 2.45) is 5.92 Å². The summed E-state index contributed by atoms with van der Waals surface area (Å²) in [6.07, 6.45) is 12.3. The minimum absolute atomic E-state index is 0.788. The Kier molecular flexibility index (Phi) is 5.20. The van der Waals surface area contributed by atoms with Gasteiger partial charge in [0.15, 0.2) is 0 Å². The molecule has 1 heterocycles. The highest BCUT2D eigenvalue weighted by Gasteiger charge is 2.13. The summed E-state index contributed by atoms with van der Waals surface area (Å²) in [5, 5.41) is 0. The van der Waals surface area contributed by atoms with Crippen LogP contribution in [0.3, 0.4) is 0 Å². The topological polar surface area (TPSA) is 18.5 Å². The number of ether oxygens (including phenoxy) is 2. The Hall–Kier alpha value is -0.500. The lowest BCUT2D eigenvalue weighted by atomic mass is 9.97. The predicted octanol–water partition coefficient (Wildman–Crippen LogP) is 3.67. The zero-order valence-electron chi connectivity index (χ0n) is 10.2. The lowest BCUT2D eigenvalue weighted by molar-refractivity contribution is 0.0486. The molecule has 0 amide bonds. The molecule has 0 aromatic carbocycles. The molecule has 2 rings (SSSR count). The minimum atomic E-state index is 0.788. The molecule has 2 heteroatoms. The molecule has 2 aliphatic rings. The number of hydrogen-bond acceptors (Lipinski definition) is 2. The van der Waals surface area contributed by atoms with E-state index in [1.165, 1.54) is 56.9 Å². The van der Waals surface area contributed by atoms with E-state index in [1.54, 1.807) is 0 Å². The minimum Gasteiger partial charge on any atom is -0.501 e. The number of rotatable bonds is 5. The van der Waals surface area contributed by atoms with Crippen LogP contribution in [0.4, 0.5) is 0 Å². The van der Waals surface area contributed by atoms with E-state index in [0.29, 0.717) is 0 Å². The van der Waals surface area contributed by atoms with Crippen molar-refractivity contribution in [3.63, 3.8) is 0 Å². The Morgan fingerprint density at radius 2 is 2.12 bits per heavy atom. The first-order valence-corrected chi connectivity index (χ1v) is 6.82. The third-order valence-electron chi connectivity index (χ3n) is 3.62. The van der Waals surface area contributed by atoms with Crippen molar-refractivity contribution in [3.05, 3.63) is 11.8 Å². The summed E-state index contributed by atoms with van der Waals surface area (Å²) in [7, 11) is 0. The molecule has 1 aliphatic heterocycles. The van der Waals surface area contributed by atoms with E-state index in [2.05, 4.69) is 0 Å². The lowest BCUT2D eigenvalue weighted by Crippen LogP contribution is -2.17. The van der Waals surface area contributed by atoms with Crippen molar-refractivity contribution in [2.75, 3.05) is 19.8 Å². The highest BCUT2D eigenvalue weighted by molar-refractivity contribution is 5.02. The predicted molar refractivity (Wildman–Crippen MR) is 65.3 cm³/mol. The zero-order chi connectivity index (χ0) is 11.1. The van der Waals surface area contributed by atoms with E-state index in [9.17, 15) is 0 Å². The van der Waals surface area contributed by atoms with Crippen LogP contribution in [0.15, 0.2) is 11.8 Å². The van der Waals surface area contributed by atoms with E-state index < -0.39 is 0 Å². The van der Waals surface area contributed by atoms with E-state index >= 15 is 0 Å². The van der Waals surface area contributed by atoms with Gasteiger partial charge < -0.3 is 9.47 Å². The molecule has 1 saturated carbocycles. The fraction of sp³-hybridized carbons (Fsp3) is 0.857. The molecule has 0 aromatic rings. The quantitative estimate of drug-likeness (QED) is 0.524. The van der Waals surface area contributed by atoms with Gasteiger partial charge in [-0.3, -0.25) is 0 Å². The van der Waals surface area contributed by atoms with E-state index in [0.717, 1.165) is 25.7 Å². The highest BCUT2D eigenvalue weighted by Crippen LogP contribution is 2.23. The number of allylic oxidation sites excluding steroid dienone is 1. The maximum absolute atomic E-state index is 5.61. The van der Waals surface area contributed by atoms with Crippen molar-refractivity contribution in [1.29, 1.82) is 0 Å². The van der Waals surface area contributed by atoms with Crippen LogP contribution in [0.5, 0.6) is 0 Å². The Bertz CT molecular complexity index is 209. The maximum atomic E-state index is 5.61. The van der Waals surface area contributed by atoms with Crippen LogP contribution in [-0.4, -0.2) is 19.8 Å². The lowest BCUT2D eigenvalue weighted by Gasteiger charge is -2.21. The van der Waals surface area contributed by atoms with Gasteiger partial charge in [0.25, 0.3) is 0 Å². The van der Waals surface area contributed by atoms with Gasteiger partial charge in [0.2, 0.25) is 0 Å². The summed E-state index contributed by atoms with van der Waals surface area (Å²) in [5.74, 6) is 0.788. The average molecular weight is 224 g/mol. The van der Waals surface area contributed by atoms with Gasteiger partial charge in [-0.05, 0) is 62.9 Å². The van der Waals surface area contributed by atoms with Gasteiger partial charge in [0.05, 0.1) is 12.9 Å². The van der Waals surface area contributed by atoms with Crippen molar-refractivity contribution >= 4 is 0 Å². The molecule has 92 valence electrons. The molecule has 1 aliphatic carbocycles. The third kappa shape index (κ3) is 4.17. The van der Waals surface area contributed by atoms with Crippen LogP contribution in [0.1, 0.15) is 51.4 Å². The SMILES string of the molecule is C(OCCCC1CCCOC1)=C1CCCC1. The first-order valence-electron chi connectivity index (χ1n) is 6.82. The molecule has 0 bridgehead atoms. The second-order valence-corrected chi connectivity index (χ2v) is 5.08. The molecule has 0 N–H and O–H groups in total. The smallest absolute Gasteiger partial charge is 0.0873 e. The first-order chi connectivity index (χ1) is 7.95. The summed E-state index contributed by atoms with van der Waals surface area (Å²) in [4.78, 5) is 0. The van der Waals surface area contributed by atoms with Crippen LogP contribution in [0.25, 0.3) is 0 Å². The molecule has 2 nitrogen and oxygen atoms in total. The summed E-state index contributed by atoms with van der Waals surface area (Å²) in [6, 6.07) is 0. The molecular formula is C14H24O2. The van der Waals surface area contributed by atoms with Crippen molar-refractivity contribution < 1.29 is 9.47 Å². The molecule has 0 aromatic heterocycles. The summed E-state index contributed by atoms with van der Waals surface area (Å²) in [6.45, 7) is 2.83. The number of hydrogen-bond donors (Lipinski definition) is 0. The van der Waals surface area contributed by atoms with Crippen molar-refractivity contribution in [1.82, 2.24) is 0 Å². The second-order valence-electron chi connectivity index (χ2n) is 5.08. The monoisotopic (exact) mass is 224 g/mol. The summed E-state index contributed by atoms with van der Waals surface area (Å²) >= 11 is 0. The van der Waals surface area contributed by atoms with Crippen molar-refractivity contribution in [2.45, 2.75) is 51.4 Å². The third-order valence-corrected chi connectivity index (χ3v) is 3.62. The zero-order valence-corrected chi connectivity index (χ0v) is 10.2. The van der Waals surface area contributed by atoms with Crippen LogP contribution in [0.2, 0.25) is 0 Å². The second kappa shape index (κ2) is 6.95. The van der Waals surface area contributed by atoms with Crippen LogP contribution < -0.4 is 0 Å². The van der Waals surface area contributed by atoms with Crippen LogP contribution in [-0.2, 0) is 9.47 Å². The summed E-state index contributed by atoms with van der Waals surface area (Å²) in [5.41, 5.74) is 1.51. The molecule has 2 fully saturated rings. The first kappa shape index (κ1) is 12.0. The highest BCUT2D eigenvalue weighted by atomic mass is 16.5. The fourth-order valence-electron chi connectivity index (χ4n) is 2.61. The maximum Gasteiger partial charge on any atom is 0.0873 e. The Labute approximate surface area is 99.0 Å². The van der Waals surface area contributed by atoms with Crippen molar-refractivity contribution in [3.8, 4) is 0 Å². The van der Waals surface area contributed by atoms with Gasteiger partial charge >= 0.3 is 0 Å². The molecule has 1 atom stereocenters. The normalized spacial score (nSPS) is 25.8. The van der Waals surface area contributed by atoms with E-state index in [-0.39, 0.29) is 0 Å². The standard InChI is InChI=1S/C14H24O2/c1-2-6-13(5-1)11-15-9-3-7-14-8-4-10-16-12-14/h11,14H,1-10,12H2. The van der Waals surface area contributed by atoms with Gasteiger partial charge in [0, 0.05) is 13.2 Å². The molecule has 0 spiro atoms.